The third-order valence-corrected chi connectivity index (χ3v) is 2.07. The van der Waals surface area contributed by atoms with E-state index in [2.05, 4.69) is 5.16 Å². The van der Waals surface area contributed by atoms with Gasteiger partial charge in [0, 0.05) is 26.1 Å². The third-order valence-electron chi connectivity index (χ3n) is 2.07. The number of carbonyl (C=O) groups is 1. The average molecular weight is 231 g/mol. The van der Waals surface area contributed by atoms with Crippen LogP contribution in [0.5, 0.6) is 0 Å². The molecule has 0 bridgehead atoms. The summed E-state index contributed by atoms with van der Waals surface area (Å²) >= 11 is 0. The van der Waals surface area contributed by atoms with Crippen molar-refractivity contribution < 1.29 is 14.7 Å². The molecule has 16 heavy (non-hydrogen) atoms. The van der Waals surface area contributed by atoms with Crippen LogP contribution in [0, 0.1) is 0 Å². The van der Waals surface area contributed by atoms with Crippen molar-refractivity contribution in [3.8, 4) is 0 Å². The predicted molar refractivity (Wildman–Crippen MR) is 61.4 cm³/mol. The molecule has 0 aromatic heterocycles. The Bertz CT molecular complexity index is 231. The van der Waals surface area contributed by atoms with Crippen LogP contribution in [0.25, 0.3) is 0 Å². The Balaban J connectivity index is 3.92. The number of nitrogens with zero attached hydrogens (tertiary/aromatic N) is 2. The summed E-state index contributed by atoms with van der Waals surface area (Å²) in [5, 5.41) is 11.2. The normalized spacial score (nSPS) is 11.5. The minimum absolute atomic E-state index is 0.0679. The second-order valence-electron chi connectivity index (χ2n) is 3.37. The van der Waals surface area contributed by atoms with Gasteiger partial charge in [-0.3, -0.25) is 4.79 Å². The van der Waals surface area contributed by atoms with Crippen molar-refractivity contribution in [3.05, 3.63) is 0 Å². The van der Waals surface area contributed by atoms with E-state index in [1.807, 2.05) is 13.8 Å². The van der Waals surface area contributed by atoms with Gasteiger partial charge in [-0.15, -0.1) is 0 Å². The second kappa shape index (κ2) is 8.96. The maximum absolute atomic E-state index is 11.6. The number of carbonyl (C=O) groups excluding carboxylic acids is 1. The molecule has 0 saturated carbocycles. The van der Waals surface area contributed by atoms with E-state index in [9.17, 15) is 4.79 Å². The smallest absolute Gasteiger partial charge is 0.248 e. The molecule has 0 heterocycles. The van der Waals surface area contributed by atoms with Crippen LogP contribution in [0.1, 0.15) is 26.7 Å². The first-order valence-corrected chi connectivity index (χ1v) is 5.47. The quantitative estimate of drug-likeness (QED) is 0.208. The van der Waals surface area contributed by atoms with Gasteiger partial charge < -0.3 is 20.6 Å². The van der Waals surface area contributed by atoms with E-state index < -0.39 is 0 Å². The van der Waals surface area contributed by atoms with Gasteiger partial charge in [-0.05, 0) is 13.3 Å². The Morgan fingerprint density at radius 2 is 2.19 bits per heavy atom. The van der Waals surface area contributed by atoms with Crippen molar-refractivity contribution in [1.29, 1.82) is 0 Å². The highest BCUT2D eigenvalue weighted by Gasteiger charge is 2.11. The minimum Gasteiger partial charge on any atom is -0.409 e. The SMILES string of the molecule is CCCOCC(=O)N(CC)CCC(N)=NO. The highest BCUT2D eigenvalue weighted by molar-refractivity contribution is 5.81. The van der Waals surface area contributed by atoms with Crippen LogP contribution < -0.4 is 5.73 Å². The second-order valence-corrected chi connectivity index (χ2v) is 3.37. The molecule has 0 aromatic rings. The average Bonchev–Trinajstić information content (AvgIpc) is 2.29. The lowest BCUT2D eigenvalue weighted by Crippen LogP contribution is -2.36. The molecule has 94 valence electrons. The monoisotopic (exact) mass is 231 g/mol. The Morgan fingerprint density at radius 3 is 2.69 bits per heavy atom. The Morgan fingerprint density at radius 1 is 1.50 bits per heavy atom. The molecule has 0 aliphatic rings. The first-order chi connectivity index (χ1) is 7.65. The number of nitrogens with two attached hydrogens (primary N) is 1. The largest absolute Gasteiger partial charge is 0.409 e. The van der Waals surface area contributed by atoms with Crippen molar-refractivity contribution in [2.75, 3.05) is 26.3 Å². The Kier molecular flexibility index (Phi) is 8.24. The molecule has 0 aliphatic heterocycles. The summed E-state index contributed by atoms with van der Waals surface area (Å²) in [6.45, 7) is 5.58. The lowest BCUT2D eigenvalue weighted by atomic mass is 10.3. The van der Waals surface area contributed by atoms with Crippen LogP contribution >= 0.6 is 0 Å². The molecule has 0 fully saturated rings. The van der Waals surface area contributed by atoms with Crippen LogP contribution in [0.2, 0.25) is 0 Å². The molecule has 6 nitrogen and oxygen atoms in total. The topological polar surface area (TPSA) is 88.2 Å². The Hall–Kier alpha value is -1.30. The van der Waals surface area contributed by atoms with E-state index in [0.717, 1.165) is 6.42 Å². The van der Waals surface area contributed by atoms with Crippen LogP contribution in [0.4, 0.5) is 0 Å². The molecule has 6 heteroatoms. The predicted octanol–water partition coefficient (Wildman–Crippen LogP) is 0.398. The van der Waals surface area contributed by atoms with Gasteiger partial charge in [0.1, 0.15) is 12.4 Å². The molecule has 0 radical (unpaired) electrons. The van der Waals surface area contributed by atoms with Gasteiger partial charge in [0.05, 0.1) is 0 Å². The number of hydrogen-bond acceptors (Lipinski definition) is 4. The molecule has 0 saturated heterocycles. The fraction of sp³-hybridized carbons (Fsp3) is 0.800. The molecule has 0 rings (SSSR count). The van der Waals surface area contributed by atoms with Crippen LogP contribution in [-0.4, -0.2) is 48.2 Å². The molecular weight excluding hydrogens is 210 g/mol. The number of hydrogen-bond donors (Lipinski definition) is 2. The van der Waals surface area contributed by atoms with Crippen LogP contribution in [0.15, 0.2) is 5.16 Å². The van der Waals surface area contributed by atoms with Gasteiger partial charge in [-0.25, -0.2) is 0 Å². The summed E-state index contributed by atoms with van der Waals surface area (Å²) in [6.07, 6.45) is 1.26. The summed E-state index contributed by atoms with van der Waals surface area (Å²) in [6, 6.07) is 0. The minimum atomic E-state index is -0.0679. The number of oxime groups is 1. The molecule has 0 unspecified atom stereocenters. The first-order valence-electron chi connectivity index (χ1n) is 5.47. The number of likely N-dealkylation sites (N-methyl/N-ethyl adjacent to an activating group) is 1. The molecule has 0 atom stereocenters. The van der Waals surface area contributed by atoms with E-state index in [4.69, 9.17) is 15.7 Å². The molecular formula is C10H21N3O3. The van der Waals surface area contributed by atoms with Gasteiger partial charge in [-0.1, -0.05) is 12.1 Å². The van der Waals surface area contributed by atoms with Crippen molar-refractivity contribution in [1.82, 2.24) is 4.90 Å². The highest BCUT2D eigenvalue weighted by Crippen LogP contribution is 1.94. The van der Waals surface area contributed by atoms with Crippen molar-refractivity contribution in [2.24, 2.45) is 10.9 Å². The summed E-state index contributed by atoms with van der Waals surface area (Å²) < 4.78 is 5.16. The standard InChI is InChI=1S/C10H21N3O3/c1-3-7-16-8-10(14)13(4-2)6-5-9(11)12-15/h15H,3-8H2,1-2H3,(H2,11,12). The van der Waals surface area contributed by atoms with E-state index in [1.165, 1.54) is 0 Å². The first kappa shape index (κ1) is 14.7. The van der Waals surface area contributed by atoms with Gasteiger partial charge in [-0.2, -0.15) is 0 Å². The number of amides is 1. The zero-order valence-electron chi connectivity index (χ0n) is 9.98. The van der Waals surface area contributed by atoms with Crippen molar-refractivity contribution in [2.45, 2.75) is 26.7 Å². The summed E-state index contributed by atoms with van der Waals surface area (Å²) in [4.78, 5) is 13.2. The third kappa shape index (κ3) is 6.23. The van der Waals surface area contributed by atoms with E-state index in [1.54, 1.807) is 4.90 Å². The van der Waals surface area contributed by atoms with E-state index in [0.29, 0.717) is 26.1 Å². The number of ether oxygens (including phenoxy) is 1. The molecule has 3 N–H and O–H groups in total. The van der Waals surface area contributed by atoms with Gasteiger partial charge in [0.25, 0.3) is 0 Å². The molecule has 0 aliphatic carbocycles. The van der Waals surface area contributed by atoms with Crippen LogP contribution in [0.3, 0.4) is 0 Å². The van der Waals surface area contributed by atoms with E-state index in [-0.39, 0.29) is 18.3 Å². The van der Waals surface area contributed by atoms with E-state index >= 15 is 0 Å². The number of rotatable bonds is 8. The Labute approximate surface area is 96.0 Å². The zero-order chi connectivity index (χ0) is 12.4. The summed E-state index contributed by atoms with van der Waals surface area (Å²) in [5.74, 6) is 0.0578. The lowest BCUT2D eigenvalue weighted by molar-refractivity contribution is -0.135. The zero-order valence-corrected chi connectivity index (χ0v) is 9.98. The van der Waals surface area contributed by atoms with Gasteiger partial charge in [0.2, 0.25) is 5.91 Å². The van der Waals surface area contributed by atoms with Crippen LogP contribution in [-0.2, 0) is 9.53 Å². The fourth-order valence-corrected chi connectivity index (χ4v) is 1.15. The molecule has 0 spiro atoms. The lowest BCUT2D eigenvalue weighted by Gasteiger charge is -2.20. The molecule has 0 aromatic carbocycles. The maximum atomic E-state index is 11.6. The number of amidine groups is 1. The van der Waals surface area contributed by atoms with Gasteiger partial charge >= 0.3 is 0 Å². The van der Waals surface area contributed by atoms with Gasteiger partial charge in [0.15, 0.2) is 0 Å². The summed E-state index contributed by atoms with van der Waals surface area (Å²) in [7, 11) is 0. The highest BCUT2D eigenvalue weighted by atomic mass is 16.5. The summed E-state index contributed by atoms with van der Waals surface area (Å²) in [5.41, 5.74) is 5.33. The van der Waals surface area contributed by atoms with Crippen molar-refractivity contribution >= 4 is 11.7 Å². The molecule has 1 amide bonds. The van der Waals surface area contributed by atoms with Crippen molar-refractivity contribution in [3.63, 3.8) is 0 Å². The maximum Gasteiger partial charge on any atom is 0.248 e. The fourth-order valence-electron chi connectivity index (χ4n) is 1.15.